The van der Waals surface area contributed by atoms with Crippen molar-refractivity contribution in [1.82, 2.24) is 15.5 Å². The second-order valence-electron chi connectivity index (χ2n) is 6.21. The third-order valence-corrected chi connectivity index (χ3v) is 5.37. The smallest absolute Gasteiger partial charge is 0.191 e. The lowest BCUT2D eigenvalue weighted by Gasteiger charge is -2.26. The first kappa shape index (κ1) is 23.9. The van der Waals surface area contributed by atoms with Crippen LogP contribution in [0.5, 0.6) is 0 Å². The van der Waals surface area contributed by atoms with Gasteiger partial charge in [-0.2, -0.15) is 0 Å². The molecule has 1 aliphatic heterocycles. The van der Waals surface area contributed by atoms with Gasteiger partial charge in [0.1, 0.15) is 0 Å². The van der Waals surface area contributed by atoms with Crippen LogP contribution in [0.4, 0.5) is 0 Å². The number of rotatable bonds is 9. The number of sulfone groups is 1. The zero-order valence-corrected chi connectivity index (χ0v) is 18.2. The first-order valence-electron chi connectivity index (χ1n) is 8.38. The van der Waals surface area contributed by atoms with Gasteiger partial charge in [0.25, 0.3) is 0 Å². The molecule has 0 aromatic heterocycles. The Balaban J connectivity index is 0.00000529. The van der Waals surface area contributed by atoms with Gasteiger partial charge in [0.15, 0.2) is 15.8 Å². The van der Waals surface area contributed by atoms with Gasteiger partial charge in [0.2, 0.25) is 0 Å². The van der Waals surface area contributed by atoms with Crippen molar-refractivity contribution in [2.45, 2.75) is 20.3 Å². The highest BCUT2D eigenvalue weighted by atomic mass is 127. The molecule has 1 aliphatic rings. The number of hydrogen-bond acceptors (Lipinski definition) is 5. The van der Waals surface area contributed by atoms with E-state index < -0.39 is 9.84 Å². The highest BCUT2D eigenvalue weighted by molar-refractivity contribution is 14.0. The molecule has 1 saturated heterocycles. The van der Waals surface area contributed by atoms with E-state index in [2.05, 4.69) is 34.4 Å². The monoisotopic (exact) mass is 476 g/mol. The maximum absolute atomic E-state index is 11.4. The maximum atomic E-state index is 11.4. The van der Waals surface area contributed by atoms with Crippen LogP contribution in [0.25, 0.3) is 0 Å². The highest BCUT2D eigenvalue weighted by Gasteiger charge is 2.20. The number of nitrogens with zero attached hydrogens (tertiary/aromatic N) is 2. The first-order chi connectivity index (χ1) is 10.9. The van der Waals surface area contributed by atoms with Crippen molar-refractivity contribution >= 4 is 39.8 Å². The SMILES string of the molecule is CN=C(NCCOCCC(C)C)NCCN1CCS(=O)(=O)CC1.I. The normalized spacial score (nSPS) is 18.2. The minimum Gasteiger partial charge on any atom is -0.380 e. The lowest BCUT2D eigenvalue weighted by atomic mass is 10.1. The Labute approximate surface area is 163 Å². The zero-order chi connectivity index (χ0) is 17.1. The lowest BCUT2D eigenvalue weighted by molar-refractivity contribution is 0.128. The molecule has 144 valence electrons. The quantitative estimate of drug-likeness (QED) is 0.219. The average Bonchev–Trinajstić information content (AvgIpc) is 2.50. The van der Waals surface area contributed by atoms with Gasteiger partial charge < -0.3 is 15.4 Å². The van der Waals surface area contributed by atoms with E-state index in [1.165, 1.54) is 0 Å². The molecule has 2 N–H and O–H groups in total. The average molecular weight is 476 g/mol. The summed E-state index contributed by atoms with van der Waals surface area (Å²) in [5.74, 6) is 1.96. The van der Waals surface area contributed by atoms with Crippen molar-refractivity contribution in [2.75, 3.05) is 64.5 Å². The summed E-state index contributed by atoms with van der Waals surface area (Å²) in [5, 5.41) is 6.45. The topological polar surface area (TPSA) is 83.0 Å². The third kappa shape index (κ3) is 11.4. The molecule has 0 aliphatic carbocycles. The number of hydrogen-bond donors (Lipinski definition) is 2. The van der Waals surface area contributed by atoms with Crippen LogP contribution in [-0.2, 0) is 14.6 Å². The zero-order valence-electron chi connectivity index (χ0n) is 15.1. The number of ether oxygens (including phenoxy) is 1. The molecular formula is C15H33IN4O3S. The third-order valence-electron chi connectivity index (χ3n) is 3.76. The highest BCUT2D eigenvalue weighted by Crippen LogP contribution is 2.02. The predicted molar refractivity (Wildman–Crippen MR) is 110 cm³/mol. The second kappa shape index (κ2) is 13.1. The summed E-state index contributed by atoms with van der Waals surface area (Å²) in [6.45, 7) is 9.37. The van der Waals surface area contributed by atoms with E-state index in [1.807, 2.05) is 0 Å². The van der Waals surface area contributed by atoms with Crippen LogP contribution < -0.4 is 10.6 Å². The fourth-order valence-electron chi connectivity index (χ4n) is 2.19. The van der Waals surface area contributed by atoms with E-state index in [1.54, 1.807) is 7.05 Å². The van der Waals surface area contributed by atoms with Gasteiger partial charge in [-0.15, -0.1) is 24.0 Å². The molecular weight excluding hydrogens is 443 g/mol. The van der Waals surface area contributed by atoms with Crippen LogP contribution in [0.3, 0.4) is 0 Å². The molecule has 0 aromatic carbocycles. The molecule has 0 bridgehead atoms. The Bertz CT molecular complexity index is 444. The maximum Gasteiger partial charge on any atom is 0.191 e. The molecule has 1 fully saturated rings. The van der Waals surface area contributed by atoms with Crippen molar-refractivity contribution < 1.29 is 13.2 Å². The Morgan fingerprint density at radius 2 is 1.79 bits per heavy atom. The van der Waals surface area contributed by atoms with Crippen molar-refractivity contribution in [3.63, 3.8) is 0 Å². The standard InChI is InChI=1S/C15H32N4O3S.HI/c1-14(2)4-10-22-11-6-18-15(16-3)17-5-7-19-8-12-23(20,21)13-9-19;/h14H,4-13H2,1-3H3,(H2,16,17,18);1H. The summed E-state index contributed by atoms with van der Waals surface area (Å²) < 4.78 is 28.3. The Hall–Kier alpha value is -0.130. The van der Waals surface area contributed by atoms with Crippen LogP contribution in [0, 0.1) is 5.92 Å². The Kier molecular flexibility index (Phi) is 13.1. The summed E-state index contributed by atoms with van der Waals surface area (Å²) in [5.41, 5.74) is 0. The summed E-state index contributed by atoms with van der Waals surface area (Å²) in [6.07, 6.45) is 1.08. The molecule has 7 nitrogen and oxygen atoms in total. The summed E-state index contributed by atoms with van der Waals surface area (Å²) in [4.78, 5) is 6.33. The van der Waals surface area contributed by atoms with E-state index in [0.29, 0.717) is 25.6 Å². The molecule has 9 heteroatoms. The molecule has 24 heavy (non-hydrogen) atoms. The summed E-state index contributed by atoms with van der Waals surface area (Å²) >= 11 is 0. The van der Waals surface area contributed by atoms with Gasteiger partial charge in [-0.1, -0.05) is 13.8 Å². The van der Waals surface area contributed by atoms with Gasteiger partial charge in [-0.05, 0) is 12.3 Å². The van der Waals surface area contributed by atoms with Crippen LogP contribution in [0.15, 0.2) is 4.99 Å². The van der Waals surface area contributed by atoms with Gasteiger partial charge in [-0.25, -0.2) is 8.42 Å². The largest absolute Gasteiger partial charge is 0.380 e. The van der Waals surface area contributed by atoms with Crippen molar-refractivity contribution in [3.05, 3.63) is 0 Å². The number of halogens is 1. The summed E-state index contributed by atoms with van der Waals surface area (Å²) in [6, 6.07) is 0. The summed E-state index contributed by atoms with van der Waals surface area (Å²) in [7, 11) is -1.06. The Morgan fingerprint density at radius 1 is 1.17 bits per heavy atom. The van der Waals surface area contributed by atoms with Crippen LogP contribution in [0.2, 0.25) is 0 Å². The predicted octanol–water partition coefficient (Wildman–Crippen LogP) is 0.563. The Morgan fingerprint density at radius 3 is 2.38 bits per heavy atom. The van der Waals surface area contributed by atoms with Crippen molar-refractivity contribution in [1.29, 1.82) is 0 Å². The molecule has 0 amide bonds. The molecule has 0 saturated carbocycles. The number of aliphatic imine (C=N–C) groups is 1. The van der Waals surface area contributed by atoms with Crippen LogP contribution in [-0.4, -0.2) is 83.8 Å². The molecule has 0 radical (unpaired) electrons. The number of guanidine groups is 1. The van der Waals surface area contributed by atoms with E-state index in [4.69, 9.17) is 4.74 Å². The molecule has 0 unspecified atom stereocenters. The molecule has 0 atom stereocenters. The number of nitrogens with one attached hydrogen (secondary N) is 2. The van der Waals surface area contributed by atoms with Gasteiger partial charge in [-0.3, -0.25) is 9.89 Å². The van der Waals surface area contributed by atoms with Crippen molar-refractivity contribution in [3.8, 4) is 0 Å². The minimum absolute atomic E-state index is 0. The van der Waals surface area contributed by atoms with E-state index in [-0.39, 0.29) is 35.5 Å². The minimum atomic E-state index is -2.80. The van der Waals surface area contributed by atoms with Gasteiger partial charge in [0.05, 0.1) is 18.1 Å². The lowest BCUT2D eigenvalue weighted by Crippen LogP contribution is -2.46. The van der Waals surface area contributed by atoms with E-state index in [0.717, 1.165) is 38.6 Å². The van der Waals surface area contributed by atoms with Gasteiger partial charge >= 0.3 is 0 Å². The van der Waals surface area contributed by atoms with Gasteiger partial charge in [0, 0.05) is 46.4 Å². The molecule has 0 aromatic rings. The van der Waals surface area contributed by atoms with E-state index in [9.17, 15) is 8.42 Å². The fourth-order valence-corrected chi connectivity index (χ4v) is 3.47. The molecule has 0 spiro atoms. The molecule has 1 rings (SSSR count). The second-order valence-corrected chi connectivity index (χ2v) is 8.52. The van der Waals surface area contributed by atoms with Crippen LogP contribution in [0.1, 0.15) is 20.3 Å². The van der Waals surface area contributed by atoms with Crippen LogP contribution >= 0.6 is 24.0 Å². The molecule has 1 heterocycles. The fraction of sp³-hybridized carbons (Fsp3) is 0.933. The van der Waals surface area contributed by atoms with E-state index >= 15 is 0 Å². The van der Waals surface area contributed by atoms with Crippen molar-refractivity contribution in [2.24, 2.45) is 10.9 Å². The first-order valence-corrected chi connectivity index (χ1v) is 10.2.